The van der Waals surface area contributed by atoms with E-state index in [0.29, 0.717) is 39.5 Å². The lowest BCUT2D eigenvalue weighted by atomic mass is 10.1. The van der Waals surface area contributed by atoms with E-state index in [1.807, 2.05) is 27.7 Å². The van der Waals surface area contributed by atoms with Crippen molar-refractivity contribution in [3.63, 3.8) is 0 Å². The summed E-state index contributed by atoms with van der Waals surface area (Å²) in [5.41, 5.74) is 1.48. The second-order valence-electron chi connectivity index (χ2n) is 6.29. The molecular formula is C22H30N2O6S2. The summed E-state index contributed by atoms with van der Waals surface area (Å²) in [4.78, 5) is 27.9. The van der Waals surface area contributed by atoms with E-state index in [1.54, 1.807) is 29.6 Å². The number of nitrogens with zero attached hydrogens (tertiary/aromatic N) is 1. The Morgan fingerprint density at radius 1 is 1.19 bits per heavy atom. The molecule has 0 unspecified atom stereocenters. The van der Waals surface area contributed by atoms with E-state index in [9.17, 15) is 18.0 Å². The normalized spacial score (nSPS) is 10.6. The number of benzene rings is 1. The number of fused-ring (bicyclic) bond motifs is 1. The molecule has 10 heteroatoms. The van der Waals surface area contributed by atoms with Gasteiger partial charge in [-0.3, -0.25) is 9.35 Å². The molecule has 3 aromatic rings. The van der Waals surface area contributed by atoms with Crippen LogP contribution in [0.5, 0.6) is 0 Å². The van der Waals surface area contributed by atoms with Crippen LogP contribution in [0.4, 0.5) is 5.69 Å². The Bertz CT molecular complexity index is 1180. The number of hydrogen-bond donors (Lipinski definition) is 2. The molecule has 32 heavy (non-hydrogen) atoms. The molecule has 1 aromatic carbocycles. The number of anilines is 1. The smallest absolute Gasteiger partial charge is 0.346 e. The van der Waals surface area contributed by atoms with E-state index in [4.69, 9.17) is 8.97 Å². The lowest BCUT2D eigenvalue weighted by molar-refractivity contribution is -0.116. The molecule has 176 valence electrons. The predicted molar refractivity (Wildman–Crippen MR) is 130 cm³/mol. The summed E-state index contributed by atoms with van der Waals surface area (Å²) in [6.45, 7) is 9.82. The van der Waals surface area contributed by atoms with Gasteiger partial charge >= 0.3 is 5.63 Å². The maximum Gasteiger partial charge on any atom is 0.346 e. The van der Waals surface area contributed by atoms with Gasteiger partial charge in [-0.1, -0.05) is 27.7 Å². The quantitative estimate of drug-likeness (QED) is 0.267. The molecule has 0 aliphatic heterocycles. The van der Waals surface area contributed by atoms with Crippen molar-refractivity contribution in [1.29, 1.82) is 0 Å². The number of carbonyl (C=O) groups excluding carboxylic acids is 1. The van der Waals surface area contributed by atoms with Gasteiger partial charge in [0.05, 0.1) is 17.0 Å². The van der Waals surface area contributed by atoms with Crippen molar-refractivity contribution in [1.82, 2.24) is 4.98 Å². The highest BCUT2D eigenvalue weighted by Gasteiger charge is 2.13. The minimum atomic E-state index is -3.98. The van der Waals surface area contributed by atoms with Crippen molar-refractivity contribution >= 4 is 43.9 Å². The van der Waals surface area contributed by atoms with Gasteiger partial charge < -0.3 is 9.73 Å². The number of Topliss-reactive ketones (excluding diaryl/α,β-unsaturated/α-hetero) is 1. The van der Waals surface area contributed by atoms with E-state index in [-0.39, 0.29) is 24.4 Å². The molecule has 0 saturated carbocycles. The Labute approximate surface area is 192 Å². The lowest BCUT2D eigenvalue weighted by Gasteiger charge is -2.07. The van der Waals surface area contributed by atoms with E-state index in [1.165, 1.54) is 18.3 Å². The fourth-order valence-corrected chi connectivity index (χ4v) is 3.96. The van der Waals surface area contributed by atoms with Gasteiger partial charge in [-0.05, 0) is 31.5 Å². The van der Waals surface area contributed by atoms with E-state index >= 15 is 0 Å². The van der Waals surface area contributed by atoms with Gasteiger partial charge in [0, 0.05) is 35.5 Å². The average molecular weight is 483 g/mol. The Hall–Kier alpha value is -2.56. The standard InChI is InChI=1S/C18H18N2O6S2.2C2H6/c1-11(21)7-14-10-27-17(20-14)15-8-12-3-4-13(9-16(12)26-18(15)22)19-5-2-6-28(23,24)25;2*1-2/h3-4,8-10,19H,2,5-7H2,1H3,(H,23,24,25);2*1-2H3. The molecule has 0 fully saturated rings. The maximum atomic E-state index is 12.4. The third kappa shape index (κ3) is 8.52. The Morgan fingerprint density at radius 2 is 1.88 bits per heavy atom. The molecule has 2 heterocycles. The molecule has 0 aliphatic carbocycles. The third-order valence-electron chi connectivity index (χ3n) is 3.86. The number of carbonyl (C=O) groups is 1. The molecule has 2 aromatic heterocycles. The first-order valence-corrected chi connectivity index (χ1v) is 12.9. The zero-order valence-electron chi connectivity index (χ0n) is 19.0. The van der Waals surface area contributed by atoms with Gasteiger partial charge in [0.1, 0.15) is 16.4 Å². The molecular weight excluding hydrogens is 452 g/mol. The van der Waals surface area contributed by atoms with E-state index < -0.39 is 15.7 Å². The first kappa shape index (κ1) is 27.5. The number of hydrogen-bond acceptors (Lipinski definition) is 8. The lowest BCUT2D eigenvalue weighted by Crippen LogP contribution is -2.10. The van der Waals surface area contributed by atoms with Crippen LogP contribution in [0.3, 0.4) is 0 Å². The predicted octanol–water partition coefficient (Wildman–Crippen LogP) is 4.79. The van der Waals surface area contributed by atoms with E-state index in [0.717, 1.165) is 0 Å². The van der Waals surface area contributed by atoms with Crippen LogP contribution in [0.2, 0.25) is 0 Å². The number of ketones is 1. The van der Waals surface area contributed by atoms with Crippen molar-refractivity contribution < 1.29 is 22.2 Å². The minimum Gasteiger partial charge on any atom is -0.422 e. The number of aromatic nitrogens is 1. The van der Waals surface area contributed by atoms with Gasteiger partial charge in [0.25, 0.3) is 10.1 Å². The number of rotatable bonds is 8. The zero-order chi connectivity index (χ0) is 24.3. The van der Waals surface area contributed by atoms with Crippen LogP contribution < -0.4 is 10.9 Å². The third-order valence-corrected chi connectivity index (χ3v) is 5.59. The Balaban J connectivity index is 0.00000121. The Morgan fingerprint density at radius 3 is 2.50 bits per heavy atom. The van der Waals surface area contributed by atoms with Crippen LogP contribution in [0.15, 0.2) is 38.9 Å². The first-order chi connectivity index (χ1) is 15.2. The van der Waals surface area contributed by atoms with Crippen molar-refractivity contribution in [2.24, 2.45) is 0 Å². The molecule has 2 N–H and O–H groups in total. The second-order valence-corrected chi connectivity index (χ2v) is 8.72. The highest BCUT2D eigenvalue weighted by atomic mass is 32.2. The summed E-state index contributed by atoms with van der Waals surface area (Å²) in [6.07, 6.45) is 0.467. The molecule has 0 saturated heterocycles. The van der Waals surface area contributed by atoms with Crippen LogP contribution in [0.25, 0.3) is 21.5 Å². The summed E-state index contributed by atoms with van der Waals surface area (Å²) < 4.78 is 35.6. The molecule has 8 nitrogen and oxygen atoms in total. The fourth-order valence-electron chi connectivity index (χ4n) is 2.62. The van der Waals surface area contributed by atoms with Crippen molar-refractivity contribution in [3.05, 3.63) is 45.8 Å². The van der Waals surface area contributed by atoms with Crippen molar-refractivity contribution in [2.75, 3.05) is 17.6 Å². The highest BCUT2D eigenvalue weighted by molar-refractivity contribution is 7.85. The highest BCUT2D eigenvalue weighted by Crippen LogP contribution is 2.26. The summed E-state index contributed by atoms with van der Waals surface area (Å²) >= 11 is 1.28. The Kier molecular flexibility index (Phi) is 11.2. The van der Waals surface area contributed by atoms with Crippen molar-refractivity contribution in [3.8, 4) is 10.6 Å². The fraction of sp³-hybridized carbons (Fsp3) is 0.409. The monoisotopic (exact) mass is 482 g/mol. The van der Waals surface area contributed by atoms with Gasteiger partial charge in [0.2, 0.25) is 0 Å². The average Bonchev–Trinajstić information content (AvgIpc) is 3.20. The zero-order valence-corrected chi connectivity index (χ0v) is 20.6. The molecule has 0 aliphatic rings. The molecule has 0 spiro atoms. The first-order valence-electron chi connectivity index (χ1n) is 10.4. The van der Waals surface area contributed by atoms with Crippen LogP contribution in [-0.4, -0.2) is 36.0 Å². The second kappa shape index (κ2) is 13.1. The molecule has 0 atom stereocenters. The summed E-state index contributed by atoms with van der Waals surface area (Å²) in [6, 6.07) is 6.90. The SMILES string of the molecule is CC.CC.CC(=O)Cc1csc(-c2cc3ccc(NCCCS(=O)(=O)O)cc3oc2=O)n1. The van der Waals surface area contributed by atoms with Crippen molar-refractivity contribution in [2.45, 2.75) is 47.5 Å². The largest absolute Gasteiger partial charge is 0.422 e. The maximum absolute atomic E-state index is 12.4. The molecule has 3 rings (SSSR count). The van der Waals surface area contributed by atoms with Crippen LogP contribution in [0.1, 0.15) is 46.7 Å². The van der Waals surface area contributed by atoms with Gasteiger partial charge in [-0.2, -0.15) is 8.42 Å². The number of thiazole rings is 1. The molecule has 0 amide bonds. The number of nitrogens with one attached hydrogen (secondary N) is 1. The topological polar surface area (TPSA) is 127 Å². The van der Waals surface area contributed by atoms with Gasteiger partial charge in [-0.25, -0.2) is 9.78 Å². The molecule has 0 radical (unpaired) electrons. The van der Waals surface area contributed by atoms with E-state index in [2.05, 4.69) is 10.3 Å². The van der Waals surface area contributed by atoms with Crippen LogP contribution in [-0.2, 0) is 21.3 Å². The summed E-state index contributed by atoms with van der Waals surface area (Å²) in [7, 11) is -3.98. The van der Waals surface area contributed by atoms with Crippen LogP contribution in [0, 0.1) is 0 Å². The molecule has 0 bridgehead atoms. The van der Waals surface area contributed by atoms with Gasteiger partial charge in [-0.15, -0.1) is 11.3 Å². The summed E-state index contributed by atoms with van der Waals surface area (Å²) in [5.74, 6) is -0.329. The summed E-state index contributed by atoms with van der Waals surface area (Å²) in [5, 5.41) is 5.98. The van der Waals surface area contributed by atoms with Crippen LogP contribution >= 0.6 is 11.3 Å². The van der Waals surface area contributed by atoms with Gasteiger partial charge in [0.15, 0.2) is 0 Å². The minimum absolute atomic E-state index is 0.000914.